The summed E-state index contributed by atoms with van der Waals surface area (Å²) in [5.41, 5.74) is -0.561. The number of hydrogen-bond acceptors (Lipinski definition) is 4. The summed E-state index contributed by atoms with van der Waals surface area (Å²) >= 11 is 0. The van der Waals surface area contributed by atoms with E-state index in [0.29, 0.717) is 13.0 Å². The van der Waals surface area contributed by atoms with Gasteiger partial charge in [-0.05, 0) is 33.6 Å². The van der Waals surface area contributed by atoms with Gasteiger partial charge in [-0.3, -0.25) is 14.6 Å². The fourth-order valence-electron chi connectivity index (χ4n) is 1.49. The van der Waals surface area contributed by atoms with Gasteiger partial charge in [0.1, 0.15) is 11.5 Å². The van der Waals surface area contributed by atoms with Crippen molar-refractivity contribution in [1.82, 2.24) is 5.01 Å². The van der Waals surface area contributed by atoms with E-state index < -0.39 is 17.5 Å². The van der Waals surface area contributed by atoms with Crippen LogP contribution in [0.25, 0.3) is 0 Å². The molecule has 0 unspecified atom stereocenters. The molecule has 1 aliphatic rings. The molecule has 0 aromatic rings. The van der Waals surface area contributed by atoms with Crippen LogP contribution in [0.3, 0.4) is 0 Å². The molecule has 0 aromatic carbocycles. The van der Waals surface area contributed by atoms with Crippen molar-refractivity contribution in [1.29, 1.82) is 0 Å². The summed E-state index contributed by atoms with van der Waals surface area (Å²) in [5.74, 6) is 3.92. The van der Waals surface area contributed by atoms with Gasteiger partial charge < -0.3 is 4.74 Å². The highest BCUT2D eigenvalue weighted by Gasteiger charge is 2.35. The molecule has 1 saturated heterocycles. The number of esters is 1. The molecule has 15 heavy (non-hydrogen) atoms. The number of amides is 1. The Kier molecular flexibility index (Phi) is 3.34. The second kappa shape index (κ2) is 4.18. The van der Waals surface area contributed by atoms with Gasteiger partial charge in [0.05, 0.1) is 0 Å². The van der Waals surface area contributed by atoms with Crippen LogP contribution >= 0.6 is 0 Å². The summed E-state index contributed by atoms with van der Waals surface area (Å²) in [6.45, 7) is 5.84. The lowest BCUT2D eigenvalue weighted by molar-refractivity contribution is -0.166. The number of nitrogens with two attached hydrogens (primary N) is 1. The lowest BCUT2D eigenvalue weighted by Gasteiger charge is -2.29. The minimum Gasteiger partial charge on any atom is -0.459 e. The largest absolute Gasteiger partial charge is 0.459 e. The number of ether oxygens (including phenoxy) is 1. The highest BCUT2D eigenvalue weighted by molar-refractivity contribution is 5.98. The average Bonchev–Trinajstić information content (AvgIpc) is 2.06. The zero-order valence-electron chi connectivity index (χ0n) is 9.45. The van der Waals surface area contributed by atoms with Crippen LogP contribution in [0.15, 0.2) is 0 Å². The molecule has 0 aromatic heterocycles. The van der Waals surface area contributed by atoms with E-state index in [0.717, 1.165) is 11.4 Å². The smallest absolute Gasteiger partial charge is 0.319 e. The summed E-state index contributed by atoms with van der Waals surface area (Å²) in [7, 11) is 0. The normalized spacial score (nSPS) is 22.8. The van der Waals surface area contributed by atoms with Gasteiger partial charge in [-0.1, -0.05) is 0 Å². The molecule has 2 N–H and O–H groups in total. The first-order valence-electron chi connectivity index (χ1n) is 5.10. The maximum absolute atomic E-state index is 11.6. The topological polar surface area (TPSA) is 72.6 Å². The third-order valence-electron chi connectivity index (χ3n) is 2.16. The molecule has 1 fully saturated rings. The molecule has 0 spiro atoms. The first-order chi connectivity index (χ1) is 6.81. The highest BCUT2D eigenvalue weighted by atomic mass is 16.6. The quantitative estimate of drug-likeness (QED) is 0.297. The fourth-order valence-corrected chi connectivity index (χ4v) is 1.49. The lowest BCUT2D eigenvalue weighted by Crippen LogP contribution is -2.49. The predicted octanol–water partition coefficient (Wildman–Crippen LogP) is 0.440. The van der Waals surface area contributed by atoms with Crippen molar-refractivity contribution in [3.05, 3.63) is 0 Å². The van der Waals surface area contributed by atoms with Crippen molar-refractivity contribution >= 4 is 11.9 Å². The maximum atomic E-state index is 11.6. The molecule has 1 atom stereocenters. The van der Waals surface area contributed by atoms with E-state index in [9.17, 15) is 9.59 Å². The molecular formula is C10H18N2O3. The maximum Gasteiger partial charge on any atom is 0.319 e. The molecule has 0 bridgehead atoms. The van der Waals surface area contributed by atoms with Crippen LogP contribution in [-0.4, -0.2) is 29.0 Å². The minimum atomic E-state index is -0.719. The van der Waals surface area contributed by atoms with Gasteiger partial charge in [-0.2, -0.15) is 0 Å². The van der Waals surface area contributed by atoms with Crippen LogP contribution in [0.1, 0.15) is 33.6 Å². The molecule has 86 valence electrons. The molecule has 1 amide bonds. The van der Waals surface area contributed by atoms with E-state index >= 15 is 0 Å². The lowest BCUT2D eigenvalue weighted by atomic mass is 9.98. The second-order valence-corrected chi connectivity index (χ2v) is 4.76. The Bertz CT molecular complexity index is 270. The van der Waals surface area contributed by atoms with E-state index in [2.05, 4.69) is 0 Å². The van der Waals surface area contributed by atoms with Gasteiger partial charge in [0.15, 0.2) is 0 Å². The summed E-state index contributed by atoms with van der Waals surface area (Å²) in [6, 6.07) is 0. The molecule has 5 heteroatoms. The van der Waals surface area contributed by atoms with E-state index in [4.69, 9.17) is 10.6 Å². The predicted molar refractivity (Wildman–Crippen MR) is 54.5 cm³/mol. The minimum absolute atomic E-state index is 0.337. The Morgan fingerprint density at radius 2 is 2.13 bits per heavy atom. The Hall–Kier alpha value is -1.10. The monoisotopic (exact) mass is 214 g/mol. The number of hydrazine groups is 1. The van der Waals surface area contributed by atoms with Crippen molar-refractivity contribution in [3.63, 3.8) is 0 Å². The van der Waals surface area contributed by atoms with Crippen molar-refractivity contribution in [2.45, 2.75) is 39.2 Å². The Labute approximate surface area is 89.5 Å². The van der Waals surface area contributed by atoms with Gasteiger partial charge >= 0.3 is 5.97 Å². The number of carbonyl (C=O) groups is 2. The third-order valence-corrected chi connectivity index (χ3v) is 2.16. The zero-order chi connectivity index (χ0) is 11.6. The molecule has 1 aliphatic heterocycles. The van der Waals surface area contributed by atoms with Crippen LogP contribution < -0.4 is 5.84 Å². The SMILES string of the molecule is CC(C)(C)OC(=O)[C@H]1CCCN(N)C1=O. The molecule has 1 heterocycles. The first kappa shape index (κ1) is 12.0. The van der Waals surface area contributed by atoms with E-state index in [-0.39, 0.29) is 5.91 Å². The van der Waals surface area contributed by atoms with Crippen molar-refractivity contribution in [3.8, 4) is 0 Å². The molecule has 0 saturated carbocycles. The number of rotatable bonds is 1. The van der Waals surface area contributed by atoms with Crippen LogP contribution in [0.5, 0.6) is 0 Å². The molecule has 0 aliphatic carbocycles. The number of piperidine rings is 1. The van der Waals surface area contributed by atoms with E-state index in [1.165, 1.54) is 0 Å². The average molecular weight is 214 g/mol. The fraction of sp³-hybridized carbons (Fsp3) is 0.800. The van der Waals surface area contributed by atoms with Crippen molar-refractivity contribution in [2.75, 3.05) is 6.54 Å². The van der Waals surface area contributed by atoms with Gasteiger partial charge in [0, 0.05) is 6.54 Å². The van der Waals surface area contributed by atoms with Gasteiger partial charge in [-0.15, -0.1) is 0 Å². The van der Waals surface area contributed by atoms with Gasteiger partial charge in [-0.25, -0.2) is 5.84 Å². The zero-order valence-corrected chi connectivity index (χ0v) is 9.45. The Morgan fingerprint density at radius 1 is 1.53 bits per heavy atom. The number of nitrogens with zero attached hydrogens (tertiary/aromatic N) is 1. The van der Waals surface area contributed by atoms with Gasteiger partial charge in [0.2, 0.25) is 0 Å². The van der Waals surface area contributed by atoms with Gasteiger partial charge in [0.25, 0.3) is 5.91 Å². The van der Waals surface area contributed by atoms with E-state index in [1.807, 2.05) is 0 Å². The van der Waals surface area contributed by atoms with Crippen molar-refractivity contribution in [2.24, 2.45) is 11.8 Å². The van der Waals surface area contributed by atoms with Crippen LogP contribution in [0.4, 0.5) is 0 Å². The number of carbonyl (C=O) groups excluding carboxylic acids is 2. The van der Waals surface area contributed by atoms with Crippen molar-refractivity contribution < 1.29 is 14.3 Å². The standard InChI is InChI=1S/C10H18N2O3/c1-10(2,3)15-9(14)7-5-4-6-12(11)8(7)13/h7H,4-6,11H2,1-3H3/t7-/m0/s1. The van der Waals surface area contributed by atoms with Crippen LogP contribution in [-0.2, 0) is 14.3 Å². The second-order valence-electron chi connectivity index (χ2n) is 4.76. The Morgan fingerprint density at radius 3 is 2.67 bits per heavy atom. The Balaban J connectivity index is 2.63. The summed E-state index contributed by atoms with van der Waals surface area (Å²) < 4.78 is 5.15. The first-order valence-corrected chi connectivity index (χ1v) is 5.10. The molecule has 1 rings (SSSR count). The molecular weight excluding hydrogens is 196 g/mol. The summed E-state index contributed by atoms with van der Waals surface area (Å²) in [6.07, 6.45) is 1.27. The molecule has 5 nitrogen and oxygen atoms in total. The van der Waals surface area contributed by atoms with E-state index in [1.54, 1.807) is 20.8 Å². The summed E-state index contributed by atoms with van der Waals surface area (Å²) in [4.78, 5) is 23.2. The molecule has 0 radical (unpaired) electrons. The highest BCUT2D eigenvalue weighted by Crippen LogP contribution is 2.20. The number of hydrogen-bond donors (Lipinski definition) is 1. The third kappa shape index (κ3) is 3.20. The van der Waals surface area contributed by atoms with Crippen LogP contribution in [0.2, 0.25) is 0 Å². The summed E-state index contributed by atoms with van der Waals surface area (Å²) in [5, 5.41) is 1.10. The van der Waals surface area contributed by atoms with Crippen LogP contribution in [0, 0.1) is 5.92 Å².